The van der Waals surface area contributed by atoms with Crippen molar-refractivity contribution in [2.45, 2.75) is 70.3 Å². The first kappa shape index (κ1) is 23.5. The number of benzene rings is 1. The molecule has 3 aliphatic rings. The van der Waals surface area contributed by atoms with Crippen LogP contribution in [0, 0.1) is 5.41 Å². The topological polar surface area (TPSA) is 87.2 Å². The molecule has 2 amide bonds. The summed E-state index contributed by atoms with van der Waals surface area (Å²) < 4.78 is 1.15. The molecule has 180 valence electrons. The molecule has 2 aromatic rings. The van der Waals surface area contributed by atoms with Crippen molar-refractivity contribution >= 4 is 51.9 Å². The lowest BCUT2D eigenvalue weighted by Crippen LogP contribution is -2.56. The van der Waals surface area contributed by atoms with Gasteiger partial charge in [-0.2, -0.15) is 4.98 Å². The van der Waals surface area contributed by atoms with Crippen molar-refractivity contribution in [1.29, 1.82) is 0 Å². The third-order valence-corrected chi connectivity index (χ3v) is 8.36. The fourth-order valence-corrected chi connectivity index (χ4v) is 6.52. The molecule has 1 saturated heterocycles. The standard InChI is InChI=1S/C26H32IN5O2/c1-2-17(11-13-27)18-7-9-20(10-8-18)30-25-29-16-19-15-26(12-14-28-23(26)33)24(34)32(22(19)31-25)21-5-3-4-6-21/h7-10,16-17,21H,2-6,11-15H2,1H3,(H,28,33)(H,29,30,31)/t17?,26-/m1/s1. The van der Waals surface area contributed by atoms with Crippen molar-refractivity contribution in [2.24, 2.45) is 5.41 Å². The maximum atomic E-state index is 13.7. The number of hydrogen-bond acceptors (Lipinski definition) is 5. The van der Waals surface area contributed by atoms with Crippen molar-refractivity contribution in [2.75, 3.05) is 21.2 Å². The highest BCUT2D eigenvalue weighted by molar-refractivity contribution is 14.1. The van der Waals surface area contributed by atoms with Crippen LogP contribution in [0.15, 0.2) is 30.5 Å². The highest BCUT2D eigenvalue weighted by Crippen LogP contribution is 2.44. The molecule has 1 aromatic carbocycles. The second kappa shape index (κ2) is 9.79. The first-order chi connectivity index (χ1) is 16.6. The van der Waals surface area contributed by atoms with E-state index in [-0.39, 0.29) is 17.9 Å². The number of hydrogen-bond donors (Lipinski definition) is 2. The molecule has 2 aliphatic heterocycles. The summed E-state index contributed by atoms with van der Waals surface area (Å²) in [5, 5.41) is 6.21. The van der Waals surface area contributed by atoms with Crippen molar-refractivity contribution in [3.8, 4) is 0 Å². The van der Waals surface area contributed by atoms with E-state index in [2.05, 4.69) is 69.4 Å². The van der Waals surface area contributed by atoms with E-state index in [0.29, 0.717) is 37.1 Å². The predicted octanol–water partition coefficient (Wildman–Crippen LogP) is 4.88. The van der Waals surface area contributed by atoms with E-state index in [9.17, 15) is 9.59 Å². The van der Waals surface area contributed by atoms with Crippen LogP contribution < -0.4 is 15.5 Å². The molecule has 0 bridgehead atoms. The van der Waals surface area contributed by atoms with Crippen LogP contribution in [-0.4, -0.2) is 38.8 Å². The van der Waals surface area contributed by atoms with E-state index in [4.69, 9.17) is 4.98 Å². The summed E-state index contributed by atoms with van der Waals surface area (Å²) in [5.41, 5.74) is 2.16. The zero-order valence-electron chi connectivity index (χ0n) is 19.6. The molecule has 1 unspecified atom stereocenters. The molecule has 3 heterocycles. The summed E-state index contributed by atoms with van der Waals surface area (Å²) in [6.45, 7) is 2.78. The molecule has 1 aliphatic carbocycles. The van der Waals surface area contributed by atoms with Gasteiger partial charge in [-0.3, -0.25) is 14.5 Å². The Balaban J connectivity index is 1.43. The lowest BCUT2D eigenvalue weighted by Gasteiger charge is -2.40. The molecular formula is C26H32IN5O2. The molecule has 2 fully saturated rings. The van der Waals surface area contributed by atoms with Gasteiger partial charge in [0.05, 0.1) is 0 Å². The van der Waals surface area contributed by atoms with Gasteiger partial charge in [-0.25, -0.2) is 4.98 Å². The summed E-state index contributed by atoms with van der Waals surface area (Å²) >= 11 is 2.44. The van der Waals surface area contributed by atoms with Gasteiger partial charge in [0.2, 0.25) is 17.8 Å². The quantitative estimate of drug-likeness (QED) is 0.280. The Labute approximate surface area is 214 Å². The zero-order chi connectivity index (χ0) is 23.7. The third kappa shape index (κ3) is 4.18. The van der Waals surface area contributed by atoms with E-state index in [1.807, 2.05) is 4.90 Å². The molecule has 34 heavy (non-hydrogen) atoms. The third-order valence-electron chi connectivity index (χ3n) is 7.74. The number of anilines is 3. The number of fused-ring (bicyclic) bond motifs is 1. The Morgan fingerprint density at radius 1 is 1.24 bits per heavy atom. The van der Waals surface area contributed by atoms with Crippen LogP contribution in [0.1, 0.15) is 68.9 Å². The first-order valence-corrected chi connectivity index (χ1v) is 14.0. The smallest absolute Gasteiger partial charge is 0.244 e. The van der Waals surface area contributed by atoms with Gasteiger partial charge in [-0.05, 0) is 55.7 Å². The lowest BCUT2D eigenvalue weighted by atomic mass is 9.76. The molecule has 5 rings (SSSR count). The van der Waals surface area contributed by atoms with Gasteiger partial charge >= 0.3 is 0 Å². The Morgan fingerprint density at radius 2 is 2.00 bits per heavy atom. The second-order valence-corrected chi connectivity index (χ2v) is 10.8. The van der Waals surface area contributed by atoms with Gasteiger partial charge in [-0.1, -0.05) is 54.5 Å². The minimum absolute atomic E-state index is 0.0863. The molecule has 0 radical (unpaired) electrons. The number of carbonyl (C=O) groups is 2. The molecular weight excluding hydrogens is 541 g/mol. The summed E-state index contributed by atoms with van der Waals surface area (Å²) in [5.74, 6) is 1.49. The average Bonchev–Trinajstić information content (AvgIpc) is 3.50. The molecule has 1 spiro atoms. The van der Waals surface area contributed by atoms with Gasteiger partial charge in [0.15, 0.2) is 0 Å². The first-order valence-electron chi connectivity index (χ1n) is 12.5. The van der Waals surface area contributed by atoms with Crippen molar-refractivity contribution < 1.29 is 9.59 Å². The molecule has 1 saturated carbocycles. The number of halogens is 1. The number of alkyl halides is 1. The summed E-state index contributed by atoms with van der Waals surface area (Å²) in [6.07, 6.45) is 9.13. The van der Waals surface area contributed by atoms with Gasteiger partial charge < -0.3 is 10.6 Å². The minimum atomic E-state index is -1.00. The highest BCUT2D eigenvalue weighted by atomic mass is 127. The fourth-order valence-electron chi connectivity index (χ4n) is 5.77. The van der Waals surface area contributed by atoms with Crippen LogP contribution in [-0.2, 0) is 16.0 Å². The van der Waals surface area contributed by atoms with E-state index >= 15 is 0 Å². The predicted molar refractivity (Wildman–Crippen MR) is 142 cm³/mol. The van der Waals surface area contributed by atoms with Crippen molar-refractivity contribution in [1.82, 2.24) is 15.3 Å². The Morgan fingerprint density at radius 3 is 2.65 bits per heavy atom. The van der Waals surface area contributed by atoms with Crippen LogP contribution in [0.2, 0.25) is 0 Å². The highest BCUT2D eigenvalue weighted by Gasteiger charge is 2.56. The van der Waals surface area contributed by atoms with Crippen LogP contribution in [0.3, 0.4) is 0 Å². The number of carbonyl (C=O) groups excluding carboxylic acids is 2. The van der Waals surface area contributed by atoms with Gasteiger partial charge in [0, 0.05) is 40.9 Å². The number of nitrogens with one attached hydrogen (secondary N) is 2. The Hall–Kier alpha value is -2.23. The number of nitrogens with zero attached hydrogens (tertiary/aromatic N) is 3. The number of aromatic nitrogens is 2. The molecule has 2 N–H and O–H groups in total. The molecule has 1 aromatic heterocycles. The van der Waals surface area contributed by atoms with Crippen molar-refractivity contribution in [3.63, 3.8) is 0 Å². The number of rotatable bonds is 7. The monoisotopic (exact) mass is 573 g/mol. The van der Waals surface area contributed by atoms with Gasteiger partial charge in [0.25, 0.3) is 0 Å². The maximum Gasteiger partial charge on any atom is 0.244 e. The van der Waals surface area contributed by atoms with E-state index in [1.165, 1.54) is 12.0 Å². The molecule has 2 atom stereocenters. The van der Waals surface area contributed by atoms with Crippen LogP contribution in [0.5, 0.6) is 0 Å². The average molecular weight is 573 g/mol. The van der Waals surface area contributed by atoms with Gasteiger partial charge in [0.1, 0.15) is 11.2 Å². The lowest BCUT2D eigenvalue weighted by molar-refractivity contribution is -0.140. The van der Waals surface area contributed by atoms with Crippen molar-refractivity contribution in [3.05, 3.63) is 41.6 Å². The zero-order valence-corrected chi connectivity index (χ0v) is 21.8. The van der Waals surface area contributed by atoms with E-state index < -0.39 is 5.41 Å². The van der Waals surface area contributed by atoms with Gasteiger partial charge in [-0.15, -0.1) is 0 Å². The van der Waals surface area contributed by atoms with E-state index in [1.54, 1.807) is 6.20 Å². The van der Waals surface area contributed by atoms with Crippen LogP contribution in [0.25, 0.3) is 0 Å². The summed E-state index contributed by atoms with van der Waals surface area (Å²) in [7, 11) is 0. The summed E-state index contributed by atoms with van der Waals surface area (Å²) in [4.78, 5) is 37.7. The minimum Gasteiger partial charge on any atom is -0.355 e. The summed E-state index contributed by atoms with van der Waals surface area (Å²) in [6, 6.07) is 8.61. The maximum absolute atomic E-state index is 13.7. The Kier molecular flexibility index (Phi) is 6.77. The van der Waals surface area contributed by atoms with Crippen LogP contribution >= 0.6 is 22.6 Å². The number of amides is 2. The SMILES string of the molecule is CCC(CCI)c1ccc(Nc2ncc3c(n2)N(C2CCCC2)C(=O)[C@]2(CCNC2=O)C3)cc1. The van der Waals surface area contributed by atoms with Crippen LogP contribution in [0.4, 0.5) is 17.5 Å². The Bertz CT molecular complexity index is 1070. The fraction of sp³-hybridized carbons (Fsp3) is 0.538. The largest absolute Gasteiger partial charge is 0.355 e. The normalized spacial score (nSPS) is 23.3. The molecule has 7 nitrogen and oxygen atoms in total. The van der Waals surface area contributed by atoms with E-state index in [0.717, 1.165) is 47.8 Å². The second-order valence-electron chi connectivity index (χ2n) is 9.75. The molecule has 8 heteroatoms.